The first-order valence-corrected chi connectivity index (χ1v) is 7.04. The van der Waals surface area contributed by atoms with Gasteiger partial charge in [-0.1, -0.05) is 30.2 Å². The lowest BCUT2D eigenvalue weighted by atomic mass is 9.65. The van der Waals surface area contributed by atoms with E-state index in [1.165, 1.54) is 12.0 Å². The highest BCUT2D eigenvalue weighted by atomic mass is 35.5. The van der Waals surface area contributed by atoms with Crippen molar-refractivity contribution in [3.05, 3.63) is 34.9 Å². The third-order valence-corrected chi connectivity index (χ3v) is 4.77. The van der Waals surface area contributed by atoms with Gasteiger partial charge in [0, 0.05) is 17.1 Å². The highest BCUT2D eigenvalue weighted by Crippen LogP contribution is 2.48. The molecule has 0 bridgehead atoms. The molecule has 0 radical (unpaired) electrons. The molecule has 2 atom stereocenters. The number of rotatable bonds is 2. The summed E-state index contributed by atoms with van der Waals surface area (Å²) >= 11 is 6.04. The quantitative estimate of drug-likeness (QED) is 0.877. The fraction of sp³-hybridized carbons (Fsp3) is 0.533. The van der Waals surface area contributed by atoms with Gasteiger partial charge in [-0.3, -0.25) is 0 Å². The Kier molecular flexibility index (Phi) is 3.05. The Hall–Kier alpha value is -1.04. The van der Waals surface area contributed by atoms with E-state index in [0.717, 1.165) is 30.7 Å². The summed E-state index contributed by atoms with van der Waals surface area (Å²) in [5.41, 5.74) is 1.16. The summed E-state index contributed by atoms with van der Waals surface area (Å²) in [4.78, 5) is 0. The van der Waals surface area contributed by atoms with Gasteiger partial charge in [0.05, 0.1) is 11.5 Å². The Bertz CT molecular complexity index is 488. The highest BCUT2D eigenvalue weighted by molar-refractivity contribution is 6.30. The zero-order valence-electron chi connectivity index (χ0n) is 10.3. The van der Waals surface area contributed by atoms with Crippen molar-refractivity contribution in [1.29, 1.82) is 5.26 Å². The van der Waals surface area contributed by atoms with E-state index in [4.69, 9.17) is 11.6 Å². The Morgan fingerprint density at radius 1 is 1.33 bits per heavy atom. The van der Waals surface area contributed by atoms with Gasteiger partial charge in [-0.05, 0) is 43.4 Å². The number of benzene rings is 1. The Labute approximate surface area is 113 Å². The van der Waals surface area contributed by atoms with Gasteiger partial charge in [0.1, 0.15) is 0 Å². The maximum Gasteiger partial charge on any atom is 0.0727 e. The van der Waals surface area contributed by atoms with Crippen LogP contribution in [0.1, 0.15) is 43.7 Å². The molecule has 1 aliphatic heterocycles. The molecule has 3 rings (SSSR count). The maximum atomic E-state index is 9.39. The third-order valence-electron chi connectivity index (χ3n) is 4.53. The normalized spacial score (nSPS) is 29.6. The molecule has 1 heterocycles. The molecule has 1 saturated heterocycles. The minimum Gasteiger partial charge on any atom is -0.306 e. The molecule has 2 aliphatic rings. The first-order valence-electron chi connectivity index (χ1n) is 6.66. The summed E-state index contributed by atoms with van der Waals surface area (Å²) < 4.78 is 0. The molecular weight excluding hydrogens is 244 g/mol. The fourth-order valence-electron chi connectivity index (χ4n) is 3.26. The van der Waals surface area contributed by atoms with Crippen molar-refractivity contribution in [3.63, 3.8) is 0 Å². The number of hydrogen-bond acceptors (Lipinski definition) is 2. The number of hydrogen-bond donors (Lipinski definition) is 1. The van der Waals surface area contributed by atoms with Crippen LogP contribution in [0.3, 0.4) is 0 Å². The second kappa shape index (κ2) is 4.57. The lowest BCUT2D eigenvalue weighted by molar-refractivity contribution is 0.152. The van der Waals surface area contributed by atoms with Gasteiger partial charge in [0.2, 0.25) is 0 Å². The third kappa shape index (κ3) is 1.92. The molecule has 2 unspecified atom stereocenters. The summed E-state index contributed by atoms with van der Waals surface area (Å²) in [7, 11) is 0. The van der Waals surface area contributed by atoms with Crippen molar-refractivity contribution in [1.82, 2.24) is 5.32 Å². The van der Waals surface area contributed by atoms with Crippen molar-refractivity contribution in [2.45, 2.75) is 44.2 Å². The lowest BCUT2D eigenvalue weighted by Crippen LogP contribution is -2.45. The van der Waals surface area contributed by atoms with E-state index >= 15 is 0 Å². The van der Waals surface area contributed by atoms with E-state index in [1.807, 2.05) is 18.2 Å². The van der Waals surface area contributed by atoms with Crippen LogP contribution < -0.4 is 5.32 Å². The van der Waals surface area contributed by atoms with E-state index in [-0.39, 0.29) is 5.41 Å². The fourth-order valence-corrected chi connectivity index (χ4v) is 3.46. The van der Waals surface area contributed by atoms with Crippen LogP contribution in [0.4, 0.5) is 0 Å². The second-order valence-corrected chi connectivity index (χ2v) is 5.96. The van der Waals surface area contributed by atoms with Gasteiger partial charge in [-0.25, -0.2) is 0 Å². The van der Waals surface area contributed by atoms with Crippen LogP contribution in [-0.2, 0) is 0 Å². The van der Waals surface area contributed by atoms with E-state index in [9.17, 15) is 5.26 Å². The molecule has 2 nitrogen and oxygen atoms in total. The molecule has 1 aromatic carbocycles. The number of halogens is 1. The Balaban J connectivity index is 1.74. The summed E-state index contributed by atoms with van der Waals surface area (Å²) in [6.07, 6.45) is 5.53. The number of nitriles is 1. The van der Waals surface area contributed by atoms with Crippen LogP contribution in [0.2, 0.25) is 5.02 Å². The molecule has 1 N–H and O–H groups in total. The predicted octanol–water partition coefficient (Wildman–Crippen LogP) is 3.83. The predicted molar refractivity (Wildman–Crippen MR) is 72.2 cm³/mol. The molecular formula is C15H17ClN2. The second-order valence-electron chi connectivity index (χ2n) is 5.53. The van der Waals surface area contributed by atoms with Crippen molar-refractivity contribution in [2.75, 3.05) is 0 Å². The average molecular weight is 261 g/mol. The van der Waals surface area contributed by atoms with Gasteiger partial charge in [-0.15, -0.1) is 0 Å². The van der Waals surface area contributed by atoms with Gasteiger partial charge in [0.15, 0.2) is 0 Å². The van der Waals surface area contributed by atoms with Crippen molar-refractivity contribution in [3.8, 4) is 6.07 Å². The van der Waals surface area contributed by atoms with Gasteiger partial charge < -0.3 is 5.32 Å². The molecule has 1 aliphatic carbocycles. The topological polar surface area (TPSA) is 35.8 Å². The van der Waals surface area contributed by atoms with Crippen LogP contribution in [0.5, 0.6) is 0 Å². The molecule has 0 amide bonds. The minimum absolute atomic E-state index is 0.0900. The van der Waals surface area contributed by atoms with Crippen LogP contribution in [0.25, 0.3) is 0 Å². The zero-order valence-corrected chi connectivity index (χ0v) is 11.1. The number of nitrogens with one attached hydrogen (secondary N) is 1. The standard InChI is InChI=1S/C15H17ClN2/c16-12-4-1-3-11(9-12)13-5-6-14(18-13)15(10-17)7-2-8-15/h1,3-4,9,13-14,18H,2,5-8H2. The first-order chi connectivity index (χ1) is 8.73. The van der Waals surface area contributed by atoms with E-state index in [2.05, 4.69) is 17.5 Å². The Morgan fingerprint density at radius 3 is 2.78 bits per heavy atom. The number of nitrogens with zero attached hydrogens (tertiary/aromatic N) is 1. The van der Waals surface area contributed by atoms with Crippen LogP contribution in [0, 0.1) is 16.7 Å². The van der Waals surface area contributed by atoms with Crippen molar-refractivity contribution >= 4 is 11.6 Å². The van der Waals surface area contributed by atoms with Gasteiger partial charge in [0.25, 0.3) is 0 Å². The van der Waals surface area contributed by atoms with Crippen LogP contribution >= 0.6 is 11.6 Å². The maximum absolute atomic E-state index is 9.39. The molecule has 1 saturated carbocycles. The molecule has 94 valence electrons. The van der Waals surface area contributed by atoms with E-state index in [0.29, 0.717) is 12.1 Å². The first kappa shape index (κ1) is 12.0. The molecule has 18 heavy (non-hydrogen) atoms. The molecule has 3 heteroatoms. The van der Waals surface area contributed by atoms with Crippen LogP contribution in [0.15, 0.2) is 24.3 Å². The van der Waals surface area contributed by atoms with Gasteiger partial charge in [-0.2, -0.15) is 5.26 Å². The summed E-state index contributed by atoms with van der Waals surface area (Å²) in [6, 6.07) is 11.3. The SMILES string of the molecule is N#CC1(C2CCC(c3cccc(Cl)c3)N2)CCC1. The average Bonchev–Trinajstić information content (AvgIpc) is 2.78. The molecule has 1 aromatic rings. The summed E-state index contributed by atoms with van der Waals surface area (Å²) in [6.45, 7) is 0. The van der Waals surface area contributed by atoms with Gasteiger partial charge >= 0.3 is 0 Å². The van der Waals surface area contributed by atoms with E-state index < -0.39 is 0 Å². The van der Waals surface area contributed by atoms with Crippen LogP contribution in [-0.4, -0.2) is 6.04 Å². The minimum atomic E-state index is -0.0900. The molecule has 0 spiro atoms. The molecule has 2 fully saturated rings. The monoisotopic (exact) mass is 260 g/mol. The van der Waals surface area contributed by atoms with Crippen molar-refractivity contribution < 1.29 is 0 Å². The summed E-state index contributed by atoms with van der Waals surface area (Å²) in [5, 5.41) is 13.8. The zero-order chi connectivity index (χ0) is 12.6. The molecule has 0 aromatic heterocycles. The Morgan fingerprint density at radius 2 is 2.17 bits per heavy atom. The van der Waals surface area contributed by atoms with Crippen molar-refractivity contribution in [2.24, 2.45) is 5.41 Å². The highest BCUT2D eigenvalue weighted by Gasteiger charge is 2.47. The largest absolute Gasteiger partial charge is 0.306 e. The summed E-state index contributed by atoms with van der Waals surface area (Å²) in [5.74, 6) is 0. The smallest absolute Gasteiger partial charge is 0.0727 e. The van der Waals surface area contributed by atoms with E-state index in [1.54, 1.807) is 0 Å². The lowest BCUT2D eigenvalue weighted by Gasteiger charge is -2.40.